The number of piperidine rings is 1. The lowest BCUT2D eigenvalue weighted by Crippen LogP contribution is -2.39. The highest BCUT2D eigenvalue weighted by Gasteiger charge is 2.32. The van der Waals surface area contributed by atoms with E-state index < -0.39 is 0 Å². The van der Waals surface area contributed by atoms with Crippen molar-refractivity contribution in [2.75, 3.05) is 6.54 Å². The molecule has 0 bridgehead atoms. The molecule has 156 valence electrons. The quantitative estimate of drug-likeness (QED) is 0.619. The van der Waals surface area contributed by atoms with Crippen LogP contribution in [0.4, 0.5) is 0 Å². The summed E-state index contributed by atoms with van der Waals surface area (Å²) in [5.74, 6) is 0.807. The second-order valence-corrected chi connectivity index (χ2v) is 7.64. The molecule has 0 saturated carbocycles. The van der Waals surface area contributed by atoms with Crippen LogP contribution in [0.2, 0.25) is 0 Å². The second kappa shape index (κ2) is 9.15. The van der Waals surface area contributed by atoms with E-state index in [1.165, 1.54) is 0 Å². The monoisotopic (exact) mass is 404 g/mol. The average Bonchev–Trinajstić information content (AvgIpc) is 3.29. The van der Waals surface area contributed by atoms with Crippen LogP contribution >= 0.6 is 0 Å². The Bertz CT molecular complexity index is 1000. The van der Waals surface area contributed by atoms with E-state index in [1.807, 2.05) is 42.4 Å². The zero-order valence-corrected chi connectivity index (χ0v) is 17.7. The Labute approximate surface area is 177 Å². The van der Waals surface area contributed by atoms with Gasteiger partial charge in [0.05, 0.1) is 11.7 Å². The van der Waals surface area contributed by atoms with Crippen molar-refractivity contribution >= 4 is 5.91 Å². The molecule has 0 aliphatic carbocycles. The van der Waals surface area contributed by atoms with E-state index in [9.17, 15) is 4.79 Å². The van der Waals surface area contributed by atoms with Gasteiger partial charge in [0.2, 0.25) is 0 Å². The molecule has 3 aromatic rings. The predicted molar refractivity (Wildman–Crippen MR) is 115 cm³/mol. The Morgan fingerprint density at radius 1 is 1.17 bits per heavy atom. The van der Waals surface area contributed by atoms with Crippen molar-refractivity contribution in [3.63, 3.8) is 0 Å². The third-order valence-corrected chi connectivity index (χ3v) is 5.60. The lowest BCUT2D eigenvalue weighted by Gasteiger charge is -2.36. The molecule has 30 heavy (non-hydrogen) atoms. The van der Waals surface area contributed by atoms with Gasteiger partial charge in [0, 0.05) is 49.9 Å². The lowest BCUT2D eigenvalue weighted by molar-refractivity contribution is 0.0599. The van der Waals surface area contributed by atoms with Crippen molar-refractivity contribution in [1.29, 1.82) is 0 Å². The molecule has 3 aromatic heterocycles. The van der Waals surface area contributed by atoms with Crippen molar-refractivity contribution in [2.45, 2.75) is 58.5 Å². The van der Waals surface area contributed by atoms with Gasteiger partial charge in [-0.3, -0.25) is 14.5 Å². The van der Waals surface area contributed by atoms with Gasteiger partial charge in [-0.15, -0.1) is 0 Å². The van der Waals surface area contributed by atoms with Crippen LogP contribution in [0.1, 0.15) is 67.6 Å². The fourth-order valence-electron chi connectivity index (χ4n) is 4.04. The molecule has 0 radical (unpaired) electrons. The Hall–Kier alpha value is -3.09. The van der Waals surface area contributed by atoms with Crippen LogP contribution in [0, 0.1) is 0 Å². The molecular formula is C23H28N6O. The Morgan fingerprint density at radius 3 is 2.73 bits per heavy atom. The molecule has 0 aromatic carbocycles. The summed E-state index contributed by atoms with van der Waals surface area (Å²) in [5, 5.41) is 4.44. The third-order valence-electron chi connectivity index (χ3n) is 5.60. The largest absolute Gasteiger partial charge is 0.329 e. The van der Waals surface area contributed by atoms with Crippen LogP contribution in [0.5, 0.6) is 0 Å². The zero-order valence-electron chi connectivity index (χ0n) is 17.7. The fraction of sp³-hybridized carbons (Fsp3) is 0.435. The Balaban J connectivity index is 1.75. The number of aryl methyl sites for hydroxylation is 2. The first-order chi connectivity index (χ1) is 14.7. The number of aromatic nitrogens is 5. The maximum atomic E-state index is 13.4. The lowest BCUT2D eigenvalue weighted by atomic mass is 9.93. The van der Waals surface area contributed by atoms with Crippen molar-refractivity contribution in [2.24, 2.45) is 0 Å². The van der Waals surface area contributed by atoms with Crippen molar-refractivity contribution in [1.82, 2.24) is 29.6 Å². The van der Waals surface area contributed by atoms with Gasteiger partial charge in [0.1, 0.15) is 11.5 Å². The molecule has 4 rings (SSSR count). The molecule has 0 N–H and O–H groups in total. The summed E-state index contributed by atoms with van der Waals surface area (Å²) < 4.78 is 1.79. The molecule has 1 atom stereocenters. The van der Waals surface area contributed by atoms with Gasteiger partial charge in [-0.2, -0.15) is 5.10 Å². The van der Waals surface area contributed by atoms with E-state index in [2.05, 4.69) is 22.0 Å². The predicted octanol–water partition coefficient (Wildman–Crippen LogP) is 4.07. The summed E-state index contributed by atoms with van der Waals surface area (Å²) in [4.78, 5) is 29.0. The highest BCUT2D eigenvalue weighted by molar-refractivity contribution is 5.92. The zero-order chi connectivity index (χ0) is 20.9. The summed E-state index contributed by atoms with van der Waals surface area (Å²) >= 11 is 0. The highest BCUT2D eigenvalue weighted by Crippen LogP contribution is 2.36. The van der Waals surface area contributed by atoms with Crippen molar-refractivity contribution in [3.05, 3.63) is 60.2 Å². The molecule has 1 aliphatic rings. The maximum absolute atomic E-state index is 13.4. The molecule has 1 saturated heterocycles. The number of carbonyl (C=O) groups is 1. The SMILES string of the molecule is CCCc1ncc(-c2ccncc2)c([C@@H]2CCCCN2C(=O)c2ccn(CC)n2)n1. The molecule has 1 aliphatic heterocycles. The maximum Gasteiger partial charge on any atom is 0.274 e. The standard InChI is InChI=1S/C23H28N6O/c1-3-7-21-25-16-18(17-9-12-24-13-10-17)22(26-21)20-8-5-6-14-29(20)23(30)19-11-15-28(4-2)27-19/h9-13,15-16,20H,3-8,14H2,1-2H3/t20-/m0/s1. The normalized spacial score (nSPS) is 16.6. The summed E-state index contributed by atoms with van der Waals surface area (Å²) in [5.41, 5.74) is 3.43. The van der Waals surface area contributed by atoms with Gasteiger partial charge >= 0.3 is 0 Å². The van der Waals surface area contributed by atoms with Crippen LogP contribution < -0.4 is 0 Å². The summed E-state index contributed by atoms with van der Waals surface area (Å²) in [6.07, 6.45) is 12.1. The van der Waals surface area contributed by atoms with Crippen molar-refractivity contribution < 1.29 is 4.79 Å². The molecule has 1 fully saturated rings. The minimum absolute atomic E-state index is 0.0248. The summed E-state index contributed by atoms with van der Waals surface area (Å²) in [6, 6.07) is 5.67. The second-order valence-electron chi connectivity index (χ2n) is 7.64. The van der Waals surface area contributed by atoms with Gasteiger partial charge in [-0.25, -0.2) is 9.97 Å². The van der Waals surface area contributed by atoms with Gasteiger partial charge in [-0.05, 0) is 56.4 Å². The number of nitrogens with zero attached hydrogens (tertiary/aromatic N) is 6. The number of hydrogen-bond donors (Lipinski definition) is 0. The van der Waals surface area contributed by atoms with Gasteiger partial charge < -0.3 is 4.90 Å². The first-order valence-electron chi connectivity index (χ1n) is 10.8. The van der Waals surface area contributed by atoms with E-state index in [0.717, 1.165) is 61.3 Å². The van der Waals surface area contributed by atoms with Crippen molar-refractivity contribution in [3.8, 4) is 11.1 Å². The number of rotatable bonds is 6. The molecule has 1 amide bonds. The minimum atomic E-state index is -0.0835. The highest BCUT2D eigenvalue weighted by atomic mass is 16.2. The smallest absolute Gasteiger partial charge is 0.274 e. The fourth-order valence-corrected chi connectivity index (χ4v) is 4.04. The number of carbonyl (C=O) groups excluding carboxylic acids is 1. The third kappa shape index (κ3) is 4.10. The summed E-state index contributed by atoms with van der Waals surface area (Å²) in [6.45, 7) is 5.60. The van der Waals surface area contributed by atoms with Crippen LogP contribution in [-0.4, -0.2) is 42.1 Å². The van der Waals surface area contributed by atoms with Gasteiger partial charge in [0.25, 0.3) is 5.91 Å². The average molecular weight is 405 g/mol. The van der Waals surface area contributed by atoms with Crippen LogP contribution in [0.15, 0.2) is 43.0 Å². The van der Waals surface area contributed by atoms with Crippen LogP contribution in [0.25, 0.3) is 11.1 Å². The Kier molecular flexibility index (Phi) is 6.16. The minimum Gasteiger partial charge on any atom is -0.329 e. The number of hydrogen-bond acceptors (Lipinski definition) is 5. The van der Waals surface area contributed by atoms with E-state index in [4.69, 9.17) is 4.98 Å². The number of amides is 1. The van der Waals surface area contributed by atoms with E-state index in [1.54, 1.807) is 17.1 Å². The van der Waals surface area contributed by atoms with Crippen LogP contribution in [-0.2, 0) is 13.0 Å². The first kappa shape index (κ1) is 20.2. The van der Waals surface area contributed by atoms with E-state index >= 15 is 0 Å². The molecule has 0 spiro atoms. The van der Waals surface area contributed by atoms with Gasteiger partial charge in [-0.1, -0.05) is 6.92 Å². The van der Waals surface area contributed by atoms with Crippen LogP contribution in [0.3, 0.4) is 0 Å². The molecule has 0 unspecified atom stereocenters. The first-order valence-corrected chi connectivity index (χ1v) is 10.8. The molecule has 4 heterocycles. The number of pyridine rings is 1. The molecule has 7 heteroatoms. The summed E-state index contributed by atoms with van der Waals surface area (Å²) in [7, 11) is 0. The Morgan fingerprint density at radius 2 is 2.00 bits per heavy atom. The topological polar surface area (TPSA) is 76.8 Å². The van der Waals surface area contributed by atoms with E-state index in [-0.39, 0.29) is 11.9 Å². The van der Waals surface area contributed by atoms with E-state index in [0.29, 0.717) is 12.2 Å². The van der Waals surface area contributed by atoms with Gasteiger partial charge in [0.15, 0.2) is 0 Å². The molecular weight excluding hydrogens is 376 g/mol. The molecule has 7 nitrogen and oxygen atoms in total. The number of likely N-dealkylation sites (tertiary alicyclic amines) is 1.